The van der Waals surface area contributed by atoms with E-state index in [1.807, 2.05) is 58.0 Å². The van der Waals surface area contributed by atoms with Gasteiger partial charge in [0.15, 0.2) is 5.78 Å². The first kappa shape index (κ1) is 23.6. The Morgan fingerprint density at radius 3 is 2.04 bits per heavy atom. The molecule has 0 aliphatic carbocycles. The number of hydrogen-bond acceptors (Lipinski definition) is 4. The number of rotatable bonds is 11. The maximum atomic E-state index is 12.8. The van der Waals surface area contributed by atoms with Crippen molar-refractivity contribution in [2.24, 2.45) is 11.8 Å². The first-order valence-electron chi connectivity index (χ1n) is 9.59. The van der Waals surface area contributed by atoms with Crippen LogP contribution in [0.4, 0.5) is 9.18 Å². The normalized spacial score (nSPS) is 13.1. The van der Waals surface area contributed by atoms with Crippen LogP contribution < -0.4 is 10.6 Å². The smallest absolute Gasteiger partial charge is 0.408 e. The van der Waals surface area contributed by atoms with Crippen LogP contribution >= 0.6 is 0 Å². The number of carbonyl (C=O) groups is 3. The summed E-state index contributed by atoms with van der Waals surface area (Å²) >= 11 is 0. The monoisotopic (exact) mass is 394 g/mol. The maximum absolute atomic E-state index is 12.8. The number of alkyl halides is 1. The van der Waals surface area contributed by atoms with Gasteiger partial charge in [-0.15, -0.1) is 0 Å². The van der Waals surface area contributed by atoms with Gasteiger partial charge in [-0.3, -0.25) is 9.59 Å². The van der Waals surface area contributed by atoms with E-state index in [4.69, 9.17) is 4.74 Å². The van der Waals surface area contributed by atoms with E-state index in [1.54, 1.807) is 0 Å². The predicted molar refractivity (Wildman–Crippen MR) is 105 cm³/mol. The van der Waals surface area contributed by atoms with Gasteiger partial charge in [0.25, 0.3) is 0 Å². The fourth-order valence-electron chi connectivity index (χ4n) is 2.72. The molecule has 0 spiro atoms. The van der Waals surface area contributed by atoms with Gasteiger partial charge in [-0.05, 0) is 30.2 Å². The van der Waals surface area contributed by atoms with E-state index in [0.717, 1.165) is 5.56 Å². The van der Waals surface area contributed by atoms with Crippen LogP contribution in [-0.2, 0) is 20.9 Å². The lowest BCUT2D eigenvalue weighted by Gasteiger charge is -2.24. The van der Waals surface area contributed by atoms with Crippen molar-refractivity contribution in [3.05, 3.63) is 35.9 Å². The second kappa shape index (κ2) is 12.1. The van der Waals surface area contributed by atoms with Gasteiger partial charge in [-0.2, -0.15) is 0 Å². The molecule has 0 radical (unpaired) electrons. The number of halogens is 1. The number of amides is 2. The summed E-state index contributed by atoms with van der Waals surface area (Å²) in [6.07, 6.45) is -0.0203. The molecule has 156 valence electrons. The molecular formula is C21H31FN2O4. The topological polar surface area (TPSA) is 84.5 Å². The highest BCUT2D eigenvalue weighted by molar-refractivity contribution is 5.92. The Hall–Kier alpha value is -2.44. The largest absolute Gasteiger partial charge is 0.445 e. The Kier molecular flexibility index (Phi) is 10.2. The Morgan fingerprint density at radius 2 is 1.50 bits per heavy atom. The number of ketones is 1. The molecule has 0 aliphatic heterocycles. The number of Topliss-reactive ketones (excluding diaryl/α,β-unsaturated/α-hetero) is 1. The molecule has 1 aromatic rings. The zero-order valence-corrected chi connectivity index (χ0v) is 17.0. The van der Waals surface area contributed by atoms with E-state index in [9.17, 15) is 18.8 Å². The van der Waals surface area contributed by atoms with Crippen molar-refractivity contribution in [1.82, 2.24) is 10.6 Å². The van der Waals surface area contributed by atoms with E-state index in [1.165, 1.54) is 0 Å². The van der Waals surface area contributed by atoms with Crippen LogP contribution in [0.2, 0.25) is 0 Å². The van der Waals surface area contributed by atoms with Gasteiger partial charge in [0.1, 0.15) is 19.3 Å². The fraction of sp³-hybridized carbons (Fsp3) is 0.571. The van der Waals surface area contributed by atoms with Crippen molar-refractivity contribution in [3.8, 4) is 0 Å². The Morgan fingerprint density at radius 1 is 0.929 bits per heavy atom. The van der Waals surface area contributed by atoms with Crippen molar-refractivity contribution >= 4 is 17.8 Å². The van der Waals surface area contributed by atoms with Crippen LogP contribution in [0, 0.1) is 11.8 Å². The van der Waals surface area contributed by atoms with Gasteiger partial charge in [0.2, 0.25) is 5.91 Å². The quantitative estimate of drug-likeness (QED) is 0.602. The highest BCUT2D eigenvalue weighted by Crippen LogP contribution is 2.10. The highest BCUT2D eigenvalue weighted by atomic mass is 19.1. The third-order valence-electron chi connectivity index (χ3n) is 4.07. The first-order valence-corrected chi connectivity index (χ1v) is 9.59. The Bertz CT molecular complexity index is 635. The Balaban J connectivity index is 2.72. The van der Waals surface area contributed by atoms with E-state index in [0.29, 0.717) is 12.8 Å². The minimum atomic E-state index is -1.14. The van der Waals surface area contributed by atoms with Crippen LogP contribution in [0.3, 0.4) is 0 Å². The molecule has 0 aromatic heterocycles. The molecule has 0 fully saturated rings. The standard InChI is InChI=1S/C21H31FN2O4/c1-14(2)10-17(19(25)12-22)23-20(26)18(11-15(3)4)24-21(27)28-13-16-8-6-5-7-9-16/h5-9,14-15,17-18H,10-13H2,1-4H3,(H,23,26)(H,24,27)/t17-,18-/m0/s1. The van der Waals surface area contributed by atoms with Gasteiger partial charge >= 0.3 is 6.09 Å². The first-order chi connectivity index (χ1) is 13.2. The summed E-state index contributed by atoms with van der Waals surface area (Å²) in [6.45, 7) is 6.54. The van der Waals surface area contributed by atoms with E-state index in [2.05, 4.69) is 10.6 Å². The summed E-state index contributed by atoms with van der Waals surface area (Å²) in [7, 11) is 0. The maximum Gasteiger partial charge on any atom is 0.408 e. The summed E-state index contributed by atoms with van der Waals surface area (Å²) < 4.78 is 18.0. The lowest BCUT2D eigenvalue weighted by molar-refractivity contribution is -0.129. The molecule has 0 saturated heterocycles. The SMILES string of the molecule is CC(C)C[C@H](NC(=O)[C@H](CC(C)C)NC(=O)OCc1ccccc1)C(=O)CF. The van der Waals surface area contributed by atoms with Gasteiger partial charge in [0.05, 0.1) is 6.04 Å². The van der Waals surface area contributed by atoms with Crippen molar-refractivity contribution in [3.63, 3.8) is 0 Å². The van der Waals surface area contributed by atoms with Crippen LogP contribution in [-0.4, -0.2) is 36.5 Å². The molecule has 7 heteroatoms. The summed E-state index contributed by atoms with van der Waals surface area (Å²) in [5.74, 6) is -0.964. The average Bonchev–Trinajstić information content (AvgIpc) is 2.64. The molecule has 2 N–H and O–H groups in total. The zero-order chi connectivity index (χ0) is 21.1. The van der Waals surface area contributed by atoms with Gasteiger partial charge in [-0.1, -0.05) is 58.0 Å². The second-order valence-corrected chi connectivity index (χ2v) is 7.68. The summed E-state index contributed by atoms with van der Waals surface area (Å²) in [5.41, 5.74) is 0.827. The second-order valence-electron chi connectivity index (χ2n) is 7.68. The van der Waals surface area contributed by atoms with Crippen molar-refractivity contribution in [2.45, 2.75) is 59.2 Å². The number of ether oxygens (including phenoxy) is 1. The fourth-order valence-corrected chi connectivity index (χ4v) is 2.72. The van der Waals surface area contributed by atoms with Crippen LogP contribution in [0.1, 0.15) is 46.1 Å². The minimum Gasteiger partial charge on any atom is -0.445 e. The molecule has 1 aromatic carbocycles. The Labute approximate surface area is 166 Å². The molecular weight excluding hydrogens is 363 g/mol. The van der Waals surface area contributed by atoms with Gasteiger partial charge in [0, 0.05) is 0 Å². The summed E-state index contributed by atoms with van der Waals surface area (Å²) in [4.78, 5) is 36.6. The van der Waals surface area contributed by atoms with E-state index < -0.39 is 36.5 Å². The van der Waals surface area contributed by atoms with Crippen molar-refractivity contribution < 1.29 is 23.5 Å². The molecule has 28 heavy (non-hydrogen) atoms. The lowest BCUT2D eigenvalue weighted by atomic mass is 9.98. The molecule has 0 saturated carbocycles. The molecule has 1 rings (SSSR count). The molecule has 0 aliphatic rings. The number of nitrogens with one attached hydrogen (secondary N) is 2. The third-order valence-corrected chi connectivity index (χ3v) is 4.07. The zero-order valence-electron chi connectivity index (χ0n) is 17.0. The van der Waals surface area contributed by atoms with Crippen molar-refractivity contribution in [1.29, 1.82) is 0 Å². The highest BCUT2D eigenvalue weighted by Gasteiger charge is 2.28. The number of hydrogen-bond donors (Lipinski definition) is 2. The summed E-state index contributed by atoms with van der Waals surface area (Å²) in [6, 6.07) is 7.40. The molecule has 0 bridgehead atoms. The number of carbonyl (C=O) groups excluding carboxylic acids is 3. The molecule has 2 atom stereocenters. The third kappa shape index (κ3) is 8.97. The van der Waals surface area contributed by atoms with Crippen LogP contribution in [0.25, 0.3) is 0 Å². The lowest BCUT2D eigenvalue weighted by Crippen LogP contribution is -2.52. The number of alkyl carbamates (subject to hydrolysis) is 1. The molecule has 6 nitrogen and oxygen atoms in total. The average molecular weight is 394 g/mol. The van der Waals surface area contributed by atoms with Crippen LogP contribution in [0.5, 0.6) is 0 Å². The van der Waals surface area contributed by atoms with Crippen molar-refractivity contribution in [2.75, 3.05) is 6.67 Å². The van der Waals surface area contributed by atoms with Gasteiger partial charge in [-0.25, -0.2) is 9.18 Å². The molecule has 2 amide bonds. The molecule has 0 heterocycles. The van der Waals surface area contributed by atoms with Gasteiger partial charge < -0.3 is 15.4 Å². The van der Waals surface area contributed by atoms with E-state index in [-0.39, 0.29) is 18.4 Å². The predicted octanol–water partition coefficient (Wildman–Crippen LogP) is 3.40. The van der Waals surface area contributed by atoms with E-state index >= 15 is 0 Å². The van der Waals surface area contributed by atoms with Crippen LogP contribution in [0.15, 0.2) is 30.3 Å². The summed E-state index contributed by atoms with van der Waals surface area (Å²) in [5, 5.41) is 5.14. The molecule has 0 unspecified atom stereocenters. The minimum absolute atomic E-state index is 0.0823. The number of benzene rings is 1.